The molecule has 0 atom stereocenters. The van der Waals surface area contributed by atoms with Gasteiger partial charge in [0.15, 0.2) is 0 Å². The minimum Gasteiger partial charge on any atom is -0.386 e. The van der Waals surface area contributed by atoms with Gasteiger partial charge in [-0.2, -0.15) is 0 Å². The summed E-state index contributed by atoms with van der Waals surface area (Å²) in [4.78, 5) is 0. The van der Waals surface area contributed by atoms with Crippen molar-refractivity contribution < 1.29 is 5.11 Å². The first-order chi connectivity index (χ1) is 7.89. The Hall–Kier alpha value is -1.54. The third-order valence-electron chi connectivity index (χ3n) is 3.10. The van der Waals surface area contributed by atoms with Crippen molar-refractivity contribution in [3.63, 3.8) is 0 Å². The Labute approximate surface area is 103 Å². The lowest BCUT2D eigenvalue weighted by Gasteiger charge is -2.18. The normalized spacial score (nSPS) is 11.8. The quantitative estimate of drug-likeness (QED) is 0.839. The summed E-state index contributed by atoms with van der Waals surface area (Å²) in [7, 11) is 0. The van der Waals surface area contributed by atoms with Gasteiger partial charge < -0.3 is 9.67 Å². The molecule has 0 bridgehead atoms. The Morgan fingerprint density at radius 2 is 1.35 bits per heavy atom. The maximum absolute atomic E-state index is 9.91. The van der Waals surface area contributed by atoms with Crippen LogP contribution >= 0.6 is 0 Å². The van der Waals surface area contributed by atoms with E-state index in [-0.39, 0.29) is 0 Å². The Balaban J connectivity index is 2.43. The zero-order valence-corrected chi connectivity index (χ0v) is 10.9. The van der Waals surface area contributed by atoms with E-state index in [2.05, 4.69) is 30.5 Å². The van der Waals surface area contributed by atoms with Gasteiger partial charge in [-0.05, 0) is 57.5 Å². The van der Waals surface area contributed by atoms with Gasteiger partial charge in [0.25, 0.3) is 0 Å². The molecule has 1 aromatic carbocycles. The molecule has 0 aliphatic carbocycles. The smallest absolute Gasteiger partial charge is 0.0840 e. The lowest BCUT2D eigenvalue weighted by Crippen LogP contribution is -2.15. The fourth-order valence-corrected chi connectivity index (χ4v) is 2.09. The van der Waals surface area contributed by atoms with Crippen LogP contribution in [0.25, 0.3) is 5.69 Å². The van der Waals surface area contributed by atoms with Crippen LogP contribution < -0.4 is 0 Å². The van der Waals surface area contributed by atoms with Crippen molar-refractivity contribution in [2.45, 2.75) is 33.3 Å². The molecule has 0 amide bonds. The number of aromatic nitrogens is 1. The molecular weight excluding hydrogens is 210 g/mol. The molecule has 1 aromatic heterocycles. The summed E-state index contributed by atoms with van der Waals surface area (Å²) in [6, 6.07) is 12.3. The van der Waals surface area contributed by atoms with Crippen molar-refractivity contribution in [3.8, 4) is 5.69 Å². The predicted octanol–water partition coefficient (Wildman–Crippen LogP) is 3.32. The monoisotopic (exact) mass is 229 g/mol. The van der Waals surface area contributed by atoms with Crippen LogP contribution in [0.15, 0.2) is 36.4 Å². The molecule has 1 heterocycles. The first-order valence-corrected chi connectivity index (χ1v) is 5.88. The second-order valence-corrected chi connectivity index (χ2v) is 5.06. The molecule has 0 unspecified atom stereocenters. The van der Waals surface area contributed by atoms with Gasteiger partial charge in [0.2, 0.25) is 0 Å². The van der Waals surface area contributed by atoms with Crippen molar-refractivity contribution in [3.05, 3.63) is 53.3 Å². The third kappa shape index (κ3) is 2.27. The highest BCUT2D eigenvalue weighted by Crippen LogP contribution is 2.22. The Bertz CT molecular complexity index is 495. The van der Waals surface area contributed by atoms with E-state index < -0.39 is 5.60 Å². The van der Waals surface area contributed by atoms with E-state index in [1.54, 1.807) is 13.8 Å². The van der Waals surface area contributed by atoms with Gasteiger partial charge in [0, 0.05) is 17.1 Å². The first-order valence-electron chi connectivity index (χ1n) is 5.88. The molecule has 0 aliphatic rings. The average molecular weight is 229 g/mol. The second kappa shape index (κ2) is 4.04. The highest BCUT2D eigenvalue weighted by molar-refractivity contribution is 5.40. The SMILES string of the molecule is Cc1ccc(C)n1-c1ccc(C(C)(C)O)cc1. The van der Waals surface area contributed by atoms with Gasteiger partial charge in [0.05, 0.1) is 5.60 Å². The molecular formula is C15H19NO. The zero-order chi connectivity index (χ0) is 12.6. The maximum atomic E-state index is 9.91. The fourth-order valence-electron chi connectivity index (χ4n) is 2.09. The van der Waals surface area contributed by atoms with Gasteiger partial charge in [-0.15, -0.1) is 0 Å². The van der Waals surface area contributed by atoms with Crippen molar-refractivity contribution in [2.24, 2.45) is 0 Å². The van der Waals surface area contributed by atoms with E-state index >= 15 is 0 Å². The van der Waals surface area contributed by atoms with Crippen LogP contribution in [0.2, 0.25) is 0 Å². The Kier molecular flexibility index (Phi) is 2.84. The van der Waals surface area contributed by atoms with Gasteiger partial charge >= 0.3 is 0 Å². The summed E-state index contributed by atoms with van der Waals surface area (Å²) in [6.45, 7) is 7.79. The molecule has 1 N–H and O–H groups in total. The van der Waals surface area contributed by atoms with Crippen LogP contribution in [0.3, 0.4) is 0 Å². The molecule has 0 spiro atoms. The van der Waals surface area contributed by atoms with Crippen LogP contribution in [0.4, 0.5) is 0 Å². The molecule has 0 saturated carbocycles. The fraction of sp³-hybridized carbons (Fsp3) is 0.333. The third-order valence-corrected chi connectivity index (χ3v) is 3.10. The molecule has 17 heavy (non-hydrogen) atoms. The topological polar surface area (TPSA) is 25.2 Å². The number of aryl methyl sites for hydroxylation is 2. The lowest BCUT2D eigenvalue weighted by atomic mass is 9.98. The standard InChI is InChI=1S/C15H19NO/c1-11-5-6-12(2)16(11)14-9-7-13(8-10-14)15(3,4)17/h5-10,17H,1-4H3. The van der Waals surface area contributed by atoms with E-state index in [0.29, 0.717) is 0 Å². The van der Waals surface area contributed by atoms with Crippen LogP contribution in [0.1, 0.15) is 30.8 Å². The van der Waals surface area contributed by atoms with Crippen molar-refractivity contribution in [1.82, 2.24) is 4.57 Å². The summed E-state index contributed by atoms with van der Waals surface area (Å²) >= 11 is 0. The maximum Gasteiger partial charge on any atom is 0.0840 e. The largest absolute Gasteiger partial charge is 0.386 e. The van der Waals surface area contributed by atoms with E-state index in [1.165, 1.54) is 11.4 Å². The molecule has 90 valence electrons. The van der Waals surface area contributed by atoms with Crippen LogP contribution in [-0.4, -0.2) is 9.67 Å². The van der Waals surface area contributed by atoms with Crippen molar-refractivity contribution in [1.29, 1.82) is 0 Å². The number of rotatable bonds is 2. The number of nitrogens with zero attached hydrogens (tertiary/aromatic N) is 1. The highest BCUT2D eigenvalue weighted by Gasteiger charge is 2.15. The summed E-state index contributed by atoms with van der Waals surface area (Å²) in [6.07, 6.45) is 0. The molecule has 0 fully saturated rings. The molecule has 0 radical (unpaired) electrons. The highest BCUT2D eigenvalue weighted by atomic mass is 16.3. The second-order valence-electron chi connectivity index (χ2n) is 5.06. The van der Waals surface area contributed by atoms with E-state index in [4.69, 9.17) is 0 Å². The summed E-state index contributed by atoms with van der Waals surface area (Å²) in [5.74, 6) is 0. The molecule has 2 heteroatoms. The van der Waals surface area contributed by atoms with Gasteiger partial charge in [-0.3, -0.25) is 0 Å². The number of aliphatic hydroxyl groups is 1. The van der Waals surface area contributed by atoms with Crippen molar-refractivity contribution in [2.75, 3.05) is 0 Å². The Morgan fingerprint density at radius 1 is 0.882 bits per heavy atom. The molecule has 0 saturated heterocycles. The average Bonchev–Trinajstić information content (AvgIpc) is 2.58. The summed E-state index contributed by atoms with van der Waals surface area (Å²) < 4.78 is 2.20. The summed E-state index contributed by atoms with van der Waals surface area (Å²) in [5.41, 5.74) is 3.73. The van der Waals surface area contributed by atoms with Gasteiger partial charge in [0.1, 0.15) is 0 Å². The molecule has 2 rings (SSSR count). The van der Waals surface area contributed by atoms with Gasteiger partial charge in [-0.1, -0.05) is 12.1 Å². The van der Waals surface area contributed by atoms with Crippen LogP contribution in [0, 0.1) is 13.8 Å². The van der Waals surface area contributed by atoms with Crippen molar-refractivity contribution >= 4 is 0 Å². The Morgan fingerprint density at radius 3 is 1.76 bits per heavy atom. The minimum atomic E-state index is -0.778. The predicted molar refractivity (Wildman–Crippen MR) is 70.5 cm³/mol. The summed E-state index contributed by atoms with van der Waals surface area (Å²) in [5, 5.41) is 9.91. The molecule has 2 aromatic rings. The van der Waals surface area contributed by atoms with E-state index in [1.807, 2.05) is 24.3 Å². The van der Waals surface area contributed by atoms with E-state index in [9.17, 15) is 5.11 Å². The zero-order valence-electron chi connectivity index (χ0n) is 10.9. The molecule has 0 aliphatic heterocycles. The van der Waals surface area contributed by atoms with Gasteiger partial charge in [-0.25, -0.2) is 0 Å². The van der Waals surface area contributed by atoms with Crippen LogP contribution in [-0.2, 0) is 5.60 Å². The number of hydrogen-bond donors (Lipinski definition) is 1. The number of benzene rings is 1. The lowest BCUT2D eigenvalue weighted by molar-refractivity contribution is 0.0786. The van der Waals surface area contributed by atoms with E-state index in [0.717, 1.165) is 11.3 Å². The first kappa shape index (κ1) is 11.9. The number of hydrogen-bond acceptors (Lipinski definition) is 1. The van der Waals surface area contributed by atoms with Crippen LogP contribution in [0.5, 0.6) is 0 Å². The molecule has 2 nitrogen and oxygen atoms in total. The minimum absolute atomic E-state index is 0.778.